The number of nitrogens with zero attached hydrogens (tertiary/aromatic N) is 3. The first-order chi connectivity index (χ1) is 11.9. The molecule has 0 spiro atoms. The predicted octanol–water partition coefficient (Wildman–Crippen LogP) is 2.08. The second-order valence-corrected chi connectivity index (χ2v) is 7.90. The SMILES string of the molecule is CN=C(NCCNC(C)(C)C)N1CCN(Cc2cccc(C)c2)CC1. The summed E-state index contributed by atoms with van der Waals surface area (Å²) in [5, 5.41) is 6.98. The second-order valence-electron chi connectivity index (χ2n) is 7.90. The van der Waals surface area contributed by atoms with Crippen molar-refractivity contribution < 1.29 is 0 Å². The number of guanidine groups is 1. The van der Waals surface area contributed by atoms with E-state index in [0.29, 0.717) is 0 Å². The maximum Gasteiger partial charge on any atom is 0.193 e. The van der Waals surface area contributed by atoms with E-state index in [2.05, 4.69) is 77.4 Å². The molecule has 2 rings (SSSR count). The van der Waals surface area contributed by atoms with E-state index in [-0.39, 0.29) is 5.54 Å². The molecule has 5 heteroatoms. The average molecular weight is 346 g/mol. The highest BCUT2D eigenvalue weighted by atomic mass is 15.3. The molecule has 1 saturated heterocycles. The molecular weight excluding hydrogens is 310 g/mol. The molecule has 0 atom stereocenters. The molecule has 0 unspecified atom stereocenters. The minimum atomic E-state index is 0.159. The Labute approximate surface area is 153 Å². The third kappa shape index (κ3) is 7.04. The number of nitrogens with one attached hydrogen (secondary N) is 2. The minimum absolute atomic E-state index is 0.159. The van der Waals surface area contributed by atoms with Crippen LogP contribution in [0.2, 0.25) is 0 Å². The largest absolute Gasteiger partial charge is 0.355 e. The maximum atomic E-state index is 4.45. The fraction of sp³-hybridized carbons (Fsp3) is 0.650. The molecule has 0 radical (unpaired) electrons. The Kier molecular flexibility index (Phi) is 7.26. The molecule has 140 valence electrons. The molecule has 2 N–H and O–H groups in total. The Bertz CT molecular complexity index is 553. The molecule has 0 amide bonds. The zero-order valence-corrected chi connectivity index (χ0v) is 16.6. The van der Waals surface area contributed by atoms with Gasteiger partial charge in [-0.25, -0.2) is 0 Å². The Morgan fingerprint density at radius 3 is 2.44 bits per heavy atom. The topological polar surface area (TPSA) is 42.9 Å². The minimum Gasteiger partial charge on any atom is -0.355 e. The standard InChI is InChI=1S/C20H35N5/c1-17-7-6-8-18(15-17)16-24-11-13-25(14-12-24)19(21-5)22-9-10-23-20(2,3)4/h6-8,15,23H,9-14,16H2,1-5H3,(H,21,22). The van der Waals surface area contributed by atoms with Gasteiger partial charge in [-0.1, -0.05) is 29.8 Å². The van der Waals surface area contributed by atoms with Gasteiger partial charge in [-0.3, -0.25) is 9.89 Å². The first kappa shape index (κ1) is 19.7. The van der Waals surface area contributed by atoms with Crippen LogP contribution in [0.4, 0.5) is 0 Å². The van der Waals surface area contributed by atoms with Crippen molar-refractivity contribution in [1.29, 1.82) is 0 Å². The van der Waals surface area contributed by atoms with Crippen LogP contribution in [0.5, 0.6) is 0 Å². The van der Waals surface area contributed by atoms with Gasteiger partial charge < -0.3 is 15.5 Å². The van der Waals surface area contributed by atoms with E-state index < -0.39 is 0 Å². The number of aliphatic imine (C=N–C) groups is 1. The van der Waals surface area contributed by atoms with E-state index >= 15 is 0 Å². The van der Waals surface area contributed by atoms with Crippen molar-refractivity contribution in [3.05, 3.63) is 35.4 Å². The van der Waals surface area contributed by atoms with Crippen molar-refractivity contribution in [3.8, 4) is 0 Å². The summed E-state index contributed by atoms with van der Waals surface area (Å²) in [6.07, 6.45) is 0. The maximum absolute atomic E-state index is 4.45. The van der Waals surface area contributed by atoms with Crippen molar-refractivity contribution in [3.63, 3.8) is 0 Å². The van der Waals surface area contributed by atoms with Gasteiger partial charge >= 0.3 is 0 Å². The first-order valence-corrected chi connectivity index (χ1v) is 9.36. The summed E-state index contributed by atoms with van der Waals surface area (Å²) in [4.78, 5) is 9.34. The van der Waals surface area contributed by atoms with E-state index in [9.17, 15) is 0 Å². The molecular formula is C20H35N5. The first-order valence-electron chi connectivity index (χ1n) is 9.36. The van der Waals surface area contributed by atoms with Crippen molar-refractivity contribution in [2.45, 2.75) is 39.8 Å². The van der Waals surface area contributed by atoms with Crippen molar-refractivity contribution in [2.24, 2.45) is 4.99 Å². The molecule has 0 saturated carbocycles. The average Bonchev–Trinajstić information content (AvgIpc) is 2.55. The van der Waals surface area contributed by atoms with Crippen molar-refractivity contribution in [1.82, 2.24) is 20.4 Å². The quantitative estimate of drug-likeness (QED) is 0.487. The molecule has 25 heavy (non-hydrogen) atoms. The van der Waals surface area contributed by atoms with Gasteiger partial charge in [0.05, 0.1) is 0 Å². The smallest absolute Gasteiger partial charge is 0.193 e. The van der Waals surface area contributed by atoms with Crippen LogP contribution in [0, 0.1) is 6.92 Å². The van der Waals surface area contributed by atoms with Gasteiger partial charge in [0.25, 0.3) is 0 Å². The summed E-state index contributed by atoms with van der Waals surface area (Å²) >= 11 is 0. The van der Waals surface area contributed by atoms with Crippen LogP contribution in [0.3, 0.4) is 0 Å². The molecule has 1 aromatic rings. The summed E-state index contributed by atoms with van der Waals surface area (Å²) in [5.41, 5.74) is 2.90. The fourth-order valence-electron chi connectivity index (χ4n) is 3.13. The lowest BCUT2D eigenvalue weighted by Gasteiger charge is -2.36. The molecule has 1 aliphatic heterocycles. The van der Waals surface area contributed by atoms with E-state index in [1.807, 2.05) is 7.05 Å². The van der Waals surface area contributed by atoms with E-state index in [0.717, 1.165) is 51.8 Å². The third-order valence-electron chi connectivity index (χ3n) is 4.44. The number of aryl methyl sites for hydroxylation is 1. The molecule has 1 aliphatic rings. The van der Waals surface area contributed by atoms with E-state index in [1.165, 1.54) is 11.1 Å². The van der Waals surface area contributed by atoms with Crippen molar-refractivity contribution in [2.75, 3.05) is 46.3 Å². The molecule has 1 aromatic carbocycles. The van der Waals surface area contributed by atoms with Gasteiger partial charge in [0.1, 0.15) is 0 Å². The zero-order valence-electron chi connectivity index (χ0n) is 16.6. The Hall–Kier alpha value is -1.59. The number of hydrogen-bond donors (Lipinski definition) is 2. The van der Waals surface area contributed by atoms with Crippen molar-refractivity contribution >= 4 is 5.96 Å². The van der Waals surface area contributed by atoms with E-state index in [4.69, 9.17) is 0 Å². The van der Waals surface area contributed by atoms with Crippen LogP contribution >= 0.6 is 0 Å². The zero-order chi connectivity index (χ0) is 18.3. The van der Waals surface area contributed by atoms with Crippen LogP contribution in [-0.2, 0) is 6.54 Å². The number of hydrogen-bond acceptors (Lipinski definition) is 3. The van der Waals surface area contributed by atoms with Gasteiger partial charge in [-0.15, -0.1) is 0 Å². The monoisotopic (exact) mass is 345 g/mol. The van der Waals surface area contributed by atoms with Gasteiger partial charge in [-0.05, 0) is 33.3 Å². The van der Waals surface area contributed by atoms with Gasteiger partial charge in [0.2, 0.25) is 0 Å². The second kappa shape index (κ2) is 9.20. The lowest BCUT2D eigenvalue weighted by molar-refractivity contribution is 0.172. The predicted molar refractivity (Wildman–Crippen MR) is 107 cm³/mol. The van der Waals surface area contributed by atoms with Gasteiger partial charge in [0.15, 0.2) is 5.96 Å². The highest BCUT2D eigenvalue weighted by molar-refractivity contribution is 5.80. The summed E-state index contributed by atoms with van der Waals surface area (Å²) in [6, 6.07) is 8.82. The molecule has 1 heterocycles. The van der Waals surface area contributed by atoms with Crippen LogP contribution in [0.15, 0.2) is 29.3 Å². The normalized spacial score (nSPS) is 17.0. The van der Waals surface area contributed by atoms with E-state index in [1.54, 1.807) is 0 Å². The van der Waals surface area contributed by atoms with Crippen LogP contribution in [-0.4, -0.2) is 67.6 Å². The summed E-state index contributed by atoms with van der Waals surface area (Å²) in [6.45, 7) is 15.8. The Balaban J connectivity index is 1.74. The number of rotatable bonds is 5. The third-order valence-corrected chi connectivity index (χ3v) is 4.44. The highest BCUT2D eigenvalue weighted by Gasteiger charge is 2.19. The molecule has 0 aliphatic carbocycles. The molecule has 0 aromatic heterocycles. The summed E-state index contributed by atoms with van der Waals surface area (Å²) < 4.78 is 0. The summed E-state index contributed by atoms with van der Waals surface area (Å²) in [7, 11) is 1.87. The van der Waals surface area contributed by atoms with Crippen LogP contribution in [0.1, 0.15) is 31.9 Å². The highest BCUT2D eigenvalue weighted by Crippen LogP contribution is 2.10. The molecule has 1 fully saturated rings. The van der Waals surface area contributed by atoms with Crippen LogP contribution in [0.25, 0.3) is 0 Å². The number of piperazine rings is 1. The molecule has 0 bridgehead atoms. The summed E-state index contributed by atoms with van der Waals surface area (Å²) in [5.74, 6) is 1.02. The molecule has 5 nitrogen and oxygen atoms in total. The van der Waals surface area contributed by atoms with Crippen LogP contribution < -0.4 is 10.6 Å². The lowest BCUT2D eigenvalue weighted by Crippen LogP contribution is -2.53. The Morgan fingerprint density at radius 2 is 1.84 bits per heavy atom. The fourth-order valence-corrected chi connectivity index (χ4v) is 3.13. The van der Waals surface area contributed by atoms with Gasteiger partial charge in [0, 0.05) is 58.4 Å². The Morgan fingerprint density at radius 1 is 1.12 bits per heavy atom. The lowest BCUT2D eigenvalue weighted by atomic mass is 10.1. The van der Waals surface area contributed by atoms with Gasteiger partial charge in [-0.2, -0.15) is 0 Å². The number of benzene rings is 1.